The van der Waals surface area contributed by atoms with Crippen LogP contribution in [0.2, 0.25) is 0 Å². The molecular weight excluding hydrogens is 370 g/mol. The number of nitrogens with zero attached hydrogens (tertiary/aromatic N) is 2. The van der Waals surface area contributed by atoms with Gasteiger partial charge in [-0.15, -0.1) is 0 Å². The Morgan fingerprint density at radius 3 is 2.28 bits per heavy atom. The maximum atomic E-state index is 13.1. The normalized spacial score (nSPS) is 11.8. The number of nitro groups is 1. The summed E-state index contributed by atoms with van der Waals surface area (Å²) >= 11 is 0. The molecule has 2 rings (SSSR count). The first kappa shape index (κ1) is 22.1. The maximum Gasteiger partial charge on any atom is 0.273 e. The fourth-order valence-corrected chi connectivity index (χ4v) is 2.98. The summed E-state index contributed by atoms with van der Waals surface area (Å²) < 4.78 is 0. The van der Waals surface area contributed by atoms with Gasteiger partial charge in [-0.2, -0.15) is 0 Å². The third-order valence-corrected chi connectivity index (χ3v) is 4.60. The smallest absolute Gasteiger partial charge is 0.273 e. The monoisotopic (exact) mass is 397 g/mol. The van der Waals surface area contributed by atoms with E-state index in [0.717, 1.165) is 11.1 Å². The zero-order valence-corrected chi connectivity index (χ0v) is 17.2. The van der Waals surface area contributed by atoms with Gasteiger partial charge in [-0.3, -0.25) is 19.7 Å². The van der Waals surface area contributed by atoms with Gasteiger partial charge in [0.1, 0.15) is 6.04 Å². The molecule has 7 heteroatoms. The summed E-state index contributed by atoms with van der Waals surface area (Å²) in [5, 5.41) is 14.1. The molecule has 2 aromatic carbocycles. The highest BCUT2D eigenvalue weighted by molar-refractivity contribution is 5.88. The van der Waals surface area contributed by atoms with Gasteiger partial charge in [-0.25, -0.2) is 0 Å². The number of amides is 2. The van der Waals surface area contributed by atoms with Crippen molar-refractivity contribution in [2.75, 3.05) is 0 Å². The quantitative estimate of drug-likeness (QED) is 0.546. The lowest BCUT2D eigenvalue weighted by molar-refractivity contribution is -0.385. The molecule has 0 aliphatic carbocycles. The lowest BCUT2D eigenvalue weighted by Gasteiger charge is -2.29. The average molecular weight is 397 g/mol. The molecule has 0 saturated carbocycles. The Labute approximate surface area is 170 Å². The van der Waals surface area contributed by atoms with Crippen LogP contribution >= 0.6 is 0 Å². The van der Waals surface area contributed by atoms with Crippen LogP contribution in [0.3, 0.4) is 0 Å². The molecule has 0 aliphatic rings. The highest BCUT2D eigenvalue weighted by Gasteiger charge is 2.28. The Kier molecular flexibility index (Phi) is 7.47. The van der Waals surface area contributed by atoms with Gasteiger partial charge >= 0.3 is 0 Å². The molecule has 0 heterocycles. The zero-order chi connectivity index (χ0) is 21.6. The van der Waals surface area contributed by atoms with E-state index in [2.05, 4.69) is 5.32 Å². The number of carbonyl (C=O) groups excluding carboxylic acids is 2. The molecule has 1 atom stereocenters. The molecule has 1 unspecified atom stereocenters. The summed E-state index contributed by atoms with van der Waals surface area (Å²) in [5.41, 5.74) is 2.20. The summed E-state index contributed by atoms with van der Waals surface area (Å²) in [5.74, 6) is -0.602. The molecule has 0 saturated heterocycles. The van der Waals surface area contributed by atoms with Gasteiger partial charge in [-0.1, -0.05) is 48.0 Å². The first-order chi connectivity index (χ1) is 13.7. The third-order valence-electron chi connectivity index (χ3n) is 4.60. The highest BCUT2D eigenvalue weighted by atomic mass is 16.6. The van der Waals surface area contributed by atoms with E-state index in [1.807, 2.05) is 45.0 Å². The van der Waals surface area contributed by atoms with Crippen molar-refractivity contribution in [3.63, 3.8) is 0 Å². The molecule has 0 aromatic heterocycles. The van der Waals surface area contributed by atoms with Gasteiger partial charge in [0, 0.05) is 24.2 Å². The summed E-state index contributed by atoms with van der Waals surface area (Å²) in [6, 6.07) is 13.1. The molecule has 0 radical (unpaired) electrons. The van der Waals surface area contributed by atoms with E-state index in [9.17, 15) is 19.7 Å². The first-order valence-electron chi connectivity index (χ1n) is 9.56. The fourth-order valence-electron chi connectivity index (χ4n) is 2.98. The van der Waals surface area contributed by atoms with E-state index < -0.39 is 11.0 Å². The van der Waals surface area contributed by atoms with Gasteiger partial charge in [0.25, 0.3) is 5.69 Å². The number of rotatable bonds is 8. The van der Waals surface area contributed by atoms with E-state index >= 15 is 0 Å². The van der Waals surface area contributed by atoms with E-state index in [1.54, 1.807) is 25.1 Å². The van der Waals surface area contributed by atoms with E-state index in [-0.39, 0.29) is 36.5 Å². The van der Waals surface area contributed by atoms with Crippen LogP contribution in [0.25, 0.3) is 0 Å². The first-order valence-corrected chi connectivity index (χ1v) is 9.56. The number of aryl methyl sites for hydroxylation is 1. The summed E-state index contributed by atoms with van der Waals surface area (Å²) in [6.45, 7) is 7.59. The van der Waals surface area contributed by atoms with Crippen molar-refractivity contribution in [2.45, 2.75) is 52.7 Å². The second-order valence-corrected chi connectivity index (χ2v) is 7.41. The second kappa shape index (κ2) is 9.82. The molecular formula is C22H27N3O4. The van der Waals surface area contributed by atoms with Crippen molar-refractivity contribution in [1.29, 1.82) is 0 Å². The molecule has 7 nitrogen and oxygen atoms in total. The Morgan fingerprint density at radius 1 is 1.07 bits per heavy atom. The molecule has 0 spiro atoms. The largest absolute Gasteiger partial charge is 0.352 e. The highest BCUT2D eigenvalue weighted by Crippen LogP contribution is 2.20. The minimum atomic E-state index is -0.714. The molecule has 2 aromatic rings. The number of carbonyl (C=O) groups is 2. The van der Waals surface area contributed by atoms with Crippen molar-refractivity contribution in [3.05, 3.63) is 75.3 Å². The Hall–Kier alpha value is -3.22. The summed E-state index contributed by atoms with van der Waals surface area (Å²) in [4.78, 5) is 37.9. The van der Waals surface area contributed by atoms with Crippen molar-refractivity contribution in [1.82, 2.24) is 10.2 Å². The lowest BCUT2D eigenvalue weighted by Crippen LogP contribution is -2.49. The molecule has 1 N–H and O–H groups in total. The Bertz CT molecular complexity index is 878. The number of nitrogens with one attached hydrogen (secondary N) is 1. The lowest BCUT2D eigenvalue weighted by atomic mass is 10.1. The minimum Gasteiger partial charge on any atom is -0.352 e. The van der Waals surface area contributed by atoms with Crippen LogP contribution in [0, 0.1) is 17.0 Å². The van der Waals surface area contributed by atoms with Crippen LogP contribution in [0.1, 0.15) is 37.5 Å². The van der Waals surface area contributed by atoms with Crippen LogP contribution in [0.4, 0.5) is 5.69 Å². The van der Waals surface area contributed by atoms with Crippen LogP contribution in [-0.4, -0.2) is 33.7 Å². The minimum absolute atomic E-state index is 0.0588. The number of nitro benzene ring substituents is 1. The van der Waals surface area contributed by atoms with Gasteiger partial charge < -0.3 is 10.2 Å². The maximum absolute atomic E-state index is 13.1. The van der Waals surface area contributed by atoms with Crippen LogP contribution < -0.4 is 5.32 Å². The summed E-state index contributed by atoms with van der Waals surface area (Å²) in [7, 11) is 0. The Morgan fingerprint density at radius 2 is 1.69 bits per heavy atom. The number of benzene rings is 2. The predicted molar refractivity (Wildman–Crippen MR) is 111 cm³/mol. The molecule has 2 amide bonds. The third kappa shape index (κ3) is 6.14. The van der Waals surface area contributed by atoms with Gasteiger partial charge in [-0.05, 0) is 33.3 Å². The number of para-hydroxylation sites is 1. The van der Waals surface area contributed by atoms with Crippen LogP contribution in [0.15, 0.2) is 48.5 Å². The molecule has 0 bridgehead atoms. The Balaban J connectivity index is 2.30. The molecule has 0 aliphatic heterocycles. The van der Waals surface area contributed by atoms with Crippen LogP contribution in [-0.2, 0) is 22.6 Å². The standard InChI is InChI=1S/C22H27N3O4/c1-15(2)23-22(27)17(4)24(14-18-11-9-16(3)10-12-18)21(26)13-19-7-5-6-8-20(19)25(28)29/h5-12,15,17H,13-14H2,1-4H3,(H,23,27). The van der Waals surface area contributed by atoms with Crippen LogP contribution in [0.5, 0.6) is 0 Å². The van der Waals surface area contributed by atoms with E-state index in [4.69, 9.17) is 0 Å². The zero-order valence-electron chi connectivity index (χ0n) is 17.2. The van der Waals surface area contributed by atoms with Gasteiger partial charge in [0.15, 0.2) is 0 Å². The van der Waals surface area contributed by atoms with Crippen molar-refractivity contribution in [3.8, 4) is 0 Å². The van der Waals surface area contributed by atoms with E-state index in [1.165, 1.54) is 11.0 Å². The molecule has 29 heavy (non-hydrogen) atoms. The number of hydrogen-bond donors (Lipinski definition) is 1. The molecule has 0 fully saturated rings. The topological polar surface area (TPSA) is 92.6 Å². The predicted octanol–water partition coefficient (Wildman–Crippen LogP) is 3.39. The SMILES string of the molecule is Cc1ccc(CN(C(=O)Cc2ccccc2[N+](=O)[O-])C(C)C(=O)NC(C)C)cc1. The molecule has 154 valence electrons. The average Bonchev–Trinajstić information content (AvgIpc) is 2.66. The van der Waals surface area contributed by atoms with E-state index in [0.29, 0.717) is 5.56 Å². The summed E-state index contributed by atoms with van der Waals surface area (Å²) in [6.07, 6.45) is -0.150. The van der Waals surface area contributed by atoms with Crippen molar-refractivity contribution >= 4 is 17.5 Å². The van der Waals surface area contributed by atoms with Gasteiger partial charge in [0.05, 0.1) is 11.3 Å². The number of hydrogen-bond acceptors (Lipinski definition) is 4. The fraction of sp³-hybridized carbons (Fsp3) is 0.364. The van der Waals surface area contributed by atoms with Gasteiger partial charge in [0.2, 0.25) is 11.8 Å². The van der Waals surface area contributed by atoms with Crippen molar-refractivity contribution in [2.24, 2.45) is 0 Å². The second-order valence-electron chi connectivity index (χ2n) is 7.41. The van der Waals surface area contributed by atoms with Crippen molar-refractivity contribution < 1.29 is 14.5 Å².